The van der Waals surface area contributed by atoms with E-state index in [0.29, 0.717) is 0 Å². The van der Waals surface area contributed by atoms with Gasteiger partial charge in [0.25, 0.3) is 0 Å². The first-order valence-electron chi connectivity index (χ1n) is 11.7. The van der Waals surface area contributed by atoms with Crippen LogP contribution < -0.4 is 0 Å². The van der Waals surface area contributed by atoms with Crippen LogP contribution in [0.15, 0.2) is 97.1 Å². The number of rotatable bonds is 0. The first kappa shape index (κ1) is 160. The van der Waals surface area contributed by atoms with Crippen LogP contribution in [0.25, 0.3) is 0 Å². The van der Waals surface area contributed by atoms with Gasteiger partial charge in [-0.15, -0.1) is 0 Å². The molecule has 0 amide bonds. The molecule has 4 aromatic carbocycles. The normalized spacial score (nSPS) is 3.81. The Kier molecular flexibility index (Phi) is 839. The minimum Gasteiger partial charge on any atom is 0 e. The first-order valence-corrected chi connectivity index (χ1v) is 11.7. The van der Waals surface area contributed by atoms with Gasteiger partial charge in [0.15, 0.2) is 0 Å². The maximum absolute atomic E-state index is 7.50. The minimum absolute atomic E-state index is 0. The van der Waals surface area contributed by atoms with E-state index >= 15 is 0 Å². The van der Waals surface area contributed by atoms with Crippen LogP contribution in [0, 0.1) is 155 Å². The molecule has 4 rings (SSSR count). The molecule has 0 bridgehead atoms. The van der Waals surface area contributed by atoms with E-state index < -0.39 is 0 Å². The molecule has 0 fully saturated rings. The summed E-state index contributed by atoms with van der Waals surface area (Å²) in [6.07, 6.45) is 0. The van der Waals surface area contributed by atoms with Crippen LogP contribution in [0.4, 0.5) is 0 Å². The predicted octanol–water partition coefficient (Wildman–Crippen LogP) is 6.77. The average molecular weight is 1400 g/mol. The number of aryl methyl sites for hydroxylation is 4. The third-order valence-electron chi connectivity index (χ3n) is 3.32. The van der Waals surface area contributed by atoms with Crippen LogP contribution in [0.1, 0.15) is 22.3 Å². The second kappa shape index (κ2) is 334. The molecule has 0 aliphatic carbocycles. The summed E-state index contributed by atoms with van der Waals surface area (Å²) >= 11 is 0. The Balaban J connectivity index is -0.0000000122. The van der Waals surface area contributed by atoms with E-state index in [1.807, 2.05) is 48.5 Å². The van der Waals surface area contributed by atoms with Crippen LogP contribution in [0.2, 0.25) is 0 Å². The van der Waals surface area contributed by atoms with Crippen molar-refractivity contribution in [1.82, 2.24) is 0 Å². The quantitative estimate of drug-likeness (QED) is 0.104. The number of nitrogens with zero attached hydrogens (tertiary/aromatic N) is 4. The molecule has 16 nitrogen and oxygen atoms in total. The Morgan fingerprint density at radius 1 is 0.266 bits per heavy atom. The molecule has 0 atom stereocenters. The summed E-state index contributed by atoms with van der Waals surface area (Å²) in [5.74, 6) is 0. The van der Waals surface area contributed by atoms with E-state index in [-0.39, 0.29) is 150 Å². The molecule has 4 radical (unpaired) electrons. The summed E-state index contributed by atoms with van der Waals surface area (Å²) in [6, 6.07) is 33.0. The number of hydrogen-bond acceptors (Lipinski definition) is 4. The maximum atomic E-state index is 7.50. The fourth-order valence-electron chi connectivity index (χ4n) is 1.88. The van der Waals surface area contributed by atoms with Gasteiger partial charge in [0.1, 0.15) is 0 Å². The minimum atomic E-state index is 0. The Bertz CT molecular complexity index is 1140. The van der Waals surface area contributed by atoms with Crippen molar-refractivity contribution in [1.29, 1.82) is 21.0 Å². The van der Waals surface area contributed by atoms with E-state index in [0.717, 1.165) is 0 Å². The zero-order chi connectivity index (χ0) is 49.6. The van der Waals surface area contributed by atoms with Gasteiger partial charge in [0, 0.05) is 81.7 Å². The predicted molar refractivity (Wildman–Crippen MR) is 174 cm³/mol. The van der Waals surface area contributed by atoms with E-state index in [1.165, 1.54) is 22.3 Å². The van der Waals surface area contributed by atoms with E-state index in [1.54, 1.807) is 0 Å². The van der Waals surface area contributed by atoms with Crippen molar-refractivity contribution in [3.05, 3.63) is 225 Å². The van der Waals surface area contributed by atoms with Crippen LogP contribution in [0.3, 0.4) is 0 Å². The standard InChI is InChI=1S/4C6H7.4CN.12CO.4Mn.4Pd/c4*1-6-4-2-3-5-6;16*1-2;;;;;;;;/h4*2-5H,1H3;;;;;;;;;;;;;;;;;;;;;;;;/q8*-1;;;;;;;;;;;;;4*+2;;;;. The SMILES string of the molecule is Cc1ccc[cH-]1.Cc1ccc[cH-]1.Cc1ccc[cH-]1.Cc1ccc[cH-]1.[C-]#N.[C-]#N.[C-]#N.[C-]#N.[C-]#[O+].[C-]#[O+].[C-]#[O+].[C-]#[O+].[C-]#[O+].[C-]#[O+].[C-]#[O+].[C-]#[O+].[C-]#[O+].[C-]#[O+].[C-]#[O+].[C-]#[O+].[Mn+2].[Mn+2].[Mn+2].[Mn+2].[Pd].[Pd].[Pd].[Pd]. The Morgan fingerprint density at radius 2 is 0.344 bits per heavy atom. The fraction of sp³-hybridized carbons (Fsp3) is 0.100. The van der Waals surface area contributed by atoms with Gasteiger partial charge in [-0.25, -0.2) is 48.5 Å². The van der Waals surface area contributed by atoms with Crippen LogP contribution in [-0.2, 0) is 206 Å². The summed E-state index contributed by atoms with van der Waals surface area (Å²) in [7, 11) is 0. The van der Waals surface area contributed by atoms with Crippen LogP contribution >= 0.6 is 0 Å². The summed E-state index contributed by atoms with van der Waals surface area (Å²) < 4.78 is 90.0. The molecule has 0 heterocycles. The smallest absolute Gasteiger partial charge is 0 e. The summed E-state index contributed by atoms with van der Waals surface area (Å²) in [5, 5.41) is 25.0. The summed E-state index contributed by atoms with van der Waals surface area (Å²) in [5.41, 5.74) is 5.37. The summed E-state index contributed by atoms with van der Waals surface area (Å²) in [6.45, 7) is 81.3. The Morgan fingerprint density at radius 3 is 0.359 bits per heavy atom. The van der Waals surface area contributed by atoms with E-state index in [4.69, 9.17) is 103 Å². The van der Waals surface area contributed by atoms with Crippen molar-refractivity contribution < 1.29 is 206 Å². The van der Waals surface area contributed by atoms with Gasteiger partial charge < -0.3 is 47.3 Å². The van der Waals surface area contributed by atoms with Crippen molar-refractivity contribution in [3.63, 3.8) is 0 Å². The molecule has 24 heteroatoms. The molecule has 0 spiro atoms. The molecular formula is C40H28Mn4N4O12Pd4. The first-order chi connectivity index (χ1) is 27.6. The van der Waals surface area contributed by atoms with Crippen molar-refractivity contribution >= 4 is 0 Å². The molecule has 0 aliphatic heterocycles. The van der Waals surface area contributed by atoms with Gasteiger partial charge >= 0.3 is 204 Å². The van der Waals surface area contributed by atoms with Gasteiger partial charge in [0.05, 0.1) is 0 Å². The van der Waals surface area contributed by atoms with Crippen LogP contribution in [0.5, 0.6) is 0 Å². The van der Waals surface area contributed by atoms with Crippen molar-refractivity contribution in [2.24, 2.45) is 0 Å². The van der Waals surface area contributed by atoms with Crippen molar-refractivity contribution in [3.8, 4) is 0 Å². The van der Waals surface area contributed by atoms with Gasteiger partial charge in [-0.05, 0) is 0 Å². The zero-order valence-corrected chi connectivity index (χ0v) is 43.6. The Labute approximate surface area is 475 Å². The van der Waals surface area contributed by atoms with Gasteiger partial charge in [0.2, 0.25) is 0 Å². The largest absolute Gasteiger partial charge is 2.00 e. The number of hydrogen-bond donors (Lipinski definition) is 0. The molecule has 348 valence electrons. The summed E-state index contributed by atoms with van der Waals surface area (Å²) in [4.78, 5) is 0. The molecule has 0 aliphatic rings. The molecular weight excluding hydrogens is 1370 g/mol. The molecule has 64 heavy (non-hydrogen) atoms. The van der Waals surface area contributed by atoms with Crippen LogP contribution in [-0.4, -0.2) is 0 Å². The molecule has 0 N–H and O–H groups in total. The zero-order valence-electron chi connectivity index (χ0n) is 32.7. The van der Waals surface area contributed by atoms with Crippen molar-refractivity contribution in [2.75, 3.05) is 0 Å². The topological polar surface area (TPSA) is 334 Å². The third kappa shape index (κ3) is 318. The second-order valence-electron chi connectivity index (χ2n) is 5.85. The van der Waals surface area contributed by atoms with E-state index in [9.17, 15) is 0 Å². The van der Waals surface area contributed by atoms with E-state index in [2.05, 4.69) is 156 Å². The fourth-order valence-corrected chi connectivity index (χ4v) is 1.88. The second-order valence-corrected chi connectivity index (χ2v) is 5.85. The molecule has 0 saturated heterocycles. The monoisotopic (exact) mass is 1400 g/mol. The van der Waals surface area contributed by atoms with Crippen molar-refractivity contribution in [2.45, 2.75) is 27.7 Å². The molecule has 0 unspecified atom stereocenters. The Hall–Kier alpha value is -3.03. The molecule has 0 aromatic heterocycles. The maximum Gasteiger partial charge on any atom is 2.00 e. The molecule has 4 aromatic rings. The van der Waals surface area contributed by atoms with Gasteiger partial charge in [-0.3, -0.25) is 0 Å². The van der Waals surface area contributed by atoms with Gasteiger partial charge in [-0.2, -0.15) is 70.8 Å². The van der Waals surface area contributed by atoms with Gasteiger partial charge in [-0.1, -0.05) is 27.7 Å². The molecule has 0 saturated carbocycles. The average Bonchev–Trinajstić information content (AvgIpc) is 4.23. The third-order valence-corrected chi connectivity index (χ3v) is 3.32.